The number of ether oxygens (including phenoxy) is 1. The normalized spacial score (nSPS) is 10.6. The van der Waals surface area contributed by atoms with Crippen LogP contribution < -0.4 is 10.1 Å². The molecule has 7 heteroatoms. The van der Waals surface area contributed by atoms with E-state index in [0.717, 1.165) is 16.8 Å². The summed E-state index contributed by atoms with van der Waals surface area (Å²) < 4.78 is 6.98. The molecule has 0 saturated heterocycles. The zero-order valence-corrected chi connectivity index (χ0v) is 16.2. The van der Waals surface area contributed by atoms with Crippen molar-refractivity contribution < 1.29 is 9.53 Å². The van der Waals surface area contributed by atoms with E-state index in [4.69, 9.17) is 4.74 Å². The summed E-state index contributed by atoms with van der Waals surface area (Å²) in [7, 11) is 1.55. The lowest BCUT2D eigenvalue weighted by Gasteiger charge is -2.09. The van der Waals surface area contributed by atoms with E-state index in [-0.39, 0.29) is 5.91 Å². The van der Waals surface area contributed by atoms with E-state index in [0.29, 0.717) is 22.4 Å². The SMILES string of the molecule is COc1nc(-c2ccccc2C)n(-c2ccc(NC(=O)c3cccs3)cc2)n1. The summed E-state index contributed by atoms with van der Waals surface area (Å²) in [6, 6.07) is 19.4. The molecule has 1 amide bonds. The van der Waals surface area contributed by atoms with Gasteiger partial charge in [0.15, 0.2) is 5.82 Å². The van der Waals surface area contributed by atoms with Crippen LogP contribution in [0.5, 0.6) is 6.01 Å². The summed E-state index contributed by atoms with van der Waals surface area (Å²) >= 11 is 1.41. The lowest BCUT2D eigenvalue weighted by Crippen LogP contribution is -2.10. The van der Waals surface area contributed by atoms with Gasteiger partial charge in [0.05, 0.1) is 17.7 Å². The van der Waals surface area contributed by atoms with E-state index in [1.165, 1.54) is 11.3 Å². The molecule has 2 heterocycles. The van der Waals surface area contributed by atoms with Crippen LogP contribution in [0.3, 0.4) is 0 Å². The number of nitrogens with one attached hydrogen (secondary N) is 1. The number of carbonyl (C=O) groups excluding carboxylic acids is 1. The molecule has 0 aliphatic rings. The Morgan fingerprint density at radius 2 is 1.86 bits per heavy atom. The molecule has 1 N–H and O–H groups in total. The monoisotopic (exact) mass is 390 g/mol. The minimum Gasteiger partial charge on any atom is -0.466 e. The van der Waals surface area contributed by atoms with Crippen molar-refractivity contribution in [3.05, 3.63) is 76.5 Å². The van der Waals surface area contributed by atoms with Crippen molar-refractivity contribution in [2.24, 2.45) is 0 Å². The van der Waals surface area contributed by atoms with E-state index in [9.17, 15) is 4.79 Å². The smallest absolute Gasteiger partial charge is 0.336 e. The van der Waals surface area contributed by atoms with Crippen LogP contribution in [0.1, 0.15) is 15.2 Å². The second-order valence-corrected chi connectivity index (χ2v) is 7.07. The number of methoxy groups -OCH3 is 1. The Bertz CT molecular complexity index is 1100. The molecule has 0 radical (unpaired) electrons. The number of aromatic nitrogens is 3. The van der Waals surface area contributed by atoms with Crippen LogP contribution in [0.25, 0.3) is 17.1 Å². The summed E-state index contributed by atoms with van der Waals surface area (Å²) in [4.78, 5) is 17.4. The minimum absolute atomic E-state index is 0.120. The van der Waals surface area contributed by atoms with Gasteiger partial charge >= 0.3 is 6.01 Å². The largest absolute Gasteiger partial charge is 0.466 e. The Kier molecular flexibility index (Phi) is 4.90. The third-order valence-electron chi connectivity index (χ3n) is 4.27. The highest BCUT2D eigenvalue weighted by Crippen LogP contribution is 2.26. The molecule has 0 bridgehead atoms. The van der Waals surface area contributed by atoms with Gasteiger partial charge in [0.2, 0.25) is 0 Å². The predicted octanol–water partition coefficient (Wildman–Crippen LogP) is 4.57. The summed E-state index contributed by atoms with van der Waals surface area (Å²) in [5.41, 5.74) is 3.61. The van der Waals surface area contributed by atoms with Crippen molar-refractivity contribution in [1.82, 2.24) is 14.8 Å². The van der Waals surface area contributed by atoms with Crippen LogP contribution in [0.4, 0.5) is 5.69 Å². The number of rotatable bonds is 5. The number of amides is 1. The lowest BCUT2D eigenvalue weighted by molar-refractivity contribution is 0.103. The van der Waals surface area contributed by atoms with Gasteiger partial charge in [-0.2, -0.15) is 4.98 Å². The third-order valence-corrected chi connectivity index (χ3v) is 5.14. The second kappa shape index (κ2) is 7.66. The van der Waals surface area contributed by atoms with Crippen molar-refractivity contribution >= 4 is 22.9 Å². The molecule has 0 fully saturated rings. The fourth-order valence-corrected chi connectivity index (χ4v) is 3.46. The Morgan fingerprint density at radius 3 is 2.54 bits per heavy atom. The molecule has 6 nitrogen and oxygen atoms in total. The van der Waals surface area contributed by atoms with E-state index >= 15 is 0 Å². The Labute approximate surface area is 166 Å². The van der Waals surface area contributed by atoms with Crippen LogP contribution in [0.15, 0.2) is 66.0 Å². The molecule has 4 rings (SSSR count). The van der Waals surface area contributed by atoms with Crippen molar-refractivity contribution in [3.63, 3.8) is 0 Å². The molecule has 0 aliphatic carbocycles. The number of thiophene rings is 1. The van der Waals surface area contributed by atoms with Crippen LogP contribution in [-0.2, 0) is 0 Å². The maximum atomic E-state index is 12.2. The Morgan fingerprint density at radius 1 is 1.07 bits per heavy atom. The van der Waals surface area contributed by atoms with E-state index in [1.54, 1.807) is 17.9 Å². The number of aryl methyl sites for hydroxylation is 1. The van der Waals surface area contributed by atoms with Gasteiger partial charge in [0.25, 0.3) is 5.91 Å². The average molecular weight is 390 g/mol. The number of hydrogen-bond acceptors (Lipinski definition) is 5. The number of nitrogens with zero attached hydrogens (tertiary/aromatic N) is 3. The molecular weight excluding hydrogens is 372 g/mol. The number of benzene rings is 2. The number of carbonyl (C=O) groups is 1. The zero-order valence-electron chi connectivity index (χ0n) is 15.4. The first-order valence-corrected chi connectivity index (χ1v) is 9.56. The third kappa shape index (κ3) is 3.52. The number of hydrogen-bond donors (Lipinski definition) is 1. The zero-order chi connectivity index (χ0) is 19.5. The van der Waals surface area contributed by atoms with Gasteiger partial charge in [-0.05, 0) is 48.2 Å². The highest BCUT2D eigenvalue weighted by atomic mass is 32.1. The molecule has 0 saturated carbocycles. The highest BCUT2D eigenvalue weighted by Gasteiger charge is 2.16. The summed E-state index contributed by atoms with van der Waals surface area (Å²) in [5, 5.41) is 9.22. The van der Waals surface area contributed by atoms with Gasteiger partial charge in [-0.15, -0.1) is 16.4 Å². The predicted molar refractivity (Wildman–Crippen MR) is 110 cm³/mol. The van der Waals surface area contributed by atoms with Crippen molar-refractivity contribution in [2.75, 3.05) is 12.4 Å². The quantitative estimate of drug-likeness (QED) is 0.542. The first kappa shape index (κ1) is 17.9. The molecule has 28 heavy (non-hydrogen) atoms. The van der Waals surface area contributed by atoms with Crippen LogP contribution in [0, 0.1) is 6.92 Å². The van der Waals surface area contributed by atoms with Crippen molar-refractivity contribution in [2.45, 2.75) is 6.92 Å². The van der Waals surface area contributed by atoms with E-state index in [2.05, 4.69) is 15.4 Å². The van der Waals surface area contributed by atoms with E-state index < -0.39 is 0 Å². The molecule has 140 valence electrons. The van der Waals surface area contributed by atoms with E-state index in [1.807, 2.05) is 66.9 Å². The van der Waals surface area contributed by atoms with Crippen molar-refractivity contribution in [3.8, 4) is 23.1 Å². The van der Waals surface area contributed by atoms with Gasteiger partial charge in [0.1, 0.15) is 0 Å². The molecule has 2 aromatic heterocycles. The molecular formula is C21H18N4O2S. The van der Waals surface area contributed by atoms with Gasteiger partial charge in [-0.1, -0.05) is 30.3 Å². The standard InChI is InChI=1S/C21H18N4O2S/c1-14-6-3-4-7-17(14)19-23-21(27-2)24-25(19)16-11-9-15(10-12-16)22-20(26)18-8-5-13-28-18/h3-13H,1-2H3,(H,22,26). The number of anilines is 1. The summed E-state index contributed by atoms with van der Waals surface area (Å²) in [5.74, 6) is 0.580. The maximum Gasteiger partial charge on any atom is 0.336 e. The lowest BCUT2D eigenvalue weighted by atomic mass is 10.1. The van der Waals surface area contributed by atoms with Gasteiger partial charge in [-0.25, -0.2) is 4.68 Å². The fraction of sp³-hybridized carbons (Fsp3) is 0.0952. The van der Waals surface area contributed by atoms with Crippen LogP contribution >= 0.6 is 11.3 Å². The fourth-order valence-electron chi connectivity index (χ4n) is 2.84. The Balaban J connectivity index is 1.65. The van der Waals surface area contributed by atoms with Crippen LogP contribution in [0.2, 0.25) is 0 Å². The summed E-state index contributed by atoms with van der Waals surface area (Å²) in [6.07, 6.45) is 0. The molecule has 0 unspecified atom stereocenters. The van der Waals surface area contributed by atoms with Crippen LogP contribution in [-0.4, -0.2) is 27.8 Å². The topological polar surface area (TPSA) is 69.0 Å². The molecule has 0 aliphatic heterocycles. The molecule has 2 aromatic carbocycles. The first-order valence-electron chi connectivity index (χ1n) is 8.68. The Hall–Kier alpha value is -3.45. The maximum absolute atomic E-state index is 12.2. The minimum atomic E-state index is -0.120. The average Bonchev–Trinajstić information content (AvgIpc) is 3.39. The highest BCUT2D eigenvalue weighted by molar-refractivity contribution is 7.12. The van der Waals surface area contributed by atoms with Gasteiger partial charge in [0, 0.05) is 11.3 Å². The molecule has 4 aromatic rings. The van der Waals surface area contributed by atoms with Crippen molar-refractivity contribution in [1.29, 1.82) is 0 Å². The summed E-state index contributed by atoms with van der Waals surface area (Å²) in [6.45, 7) is 2.03. The second-order valence-electron chi connectivity index (χ2n) is 6.13. The molecule has 0 atom stereocenters. The molecule has 0 spiro atoms. The first-order chi connectivity index (χ1) is 13.7. The van der Waals surface area contributed by atoms with Gasteiger partial charge in [-0.3, -0.25) is 4.79 Å². The van der Waals surface area contributed by atoms with Gasteiger partial charge < -0.3 is 10.1 Å².